The minimum absolute atomic E-state index is 0.0522. The second kappa shape index (κ2) is 11.9. The number of ether oxygens (including phenoxy) is 1. The normalized spacial score (nSPS) is 14.8. The highest BCUT2D eigenvalue weighted by molar-refractivity contribution is 5.86. The van der Waals surface area contributed by atoms with Gasteiger partial charge >= 0.3 is 6.09 Å². The van der Waals surface area contributed by atoms with Crippen molar-refractivity contribution in [2.75, 3.05) is 13.2 Å². The van der Waals surface area contributed by atoms with Crippen molar-refractivity contribution in [2.24, 2.45) is 5.92 Å². The number of fused-ring (bicyclic) bond motifs is 3. The van der Waals surface area contributed by atoms with Crippen molar-refractivity contribution in [1.29, 1.82) is 0 Å². The standard InChI is InChI=1S/C30H34N2O4/c1-3-20(2)28(29(34)31-22(18-33)17-21-11-5-4-6-12-21)32-30(35)36-19-27-25-15-9-7-13-23(25)24-14-8-10-16-26(24)27/h4-16,20,22,27-28,33H,3,17-19H2,1-2H3,(H,31,34)(H,32,35)/t20-,22-,28-/m0/s1. The molecule has 0 radical (unpaired) electrons. The molecule has 0 bridgehead atoms. The third kappa shape index (κ3) is 5.77. The smallest absolute Gasteiger partial charge is 0.407 e. The van der Waals surface area contributed by atoms with Gasteiger partial charge in [-0.05, 0) is 40.2 Å². The van der Waals surface area contributed by atoms with E-state index in [9.17, 15) is 14.7 Å². The third-order valence-corrected chi connectivity index (χ3v) is 7.00. The summed E-state index contributed by atoms with van der Waals surface area (Å²) in [7, 11) is 0. The lowest BCUT2D eigenvalue weighted by atomic mass is 9.97. The van der Waals surface area contributed by atoms with Gasteiger partial charge in [-0.25, -0.2) is 4.79 Å². The Hall–Kier alpha value is -3.64. The lowest BCUT2D eigenvalue weighted by molar-refractivity contribution is -0.125. The average molecular weight is 487 g/mol. The van der Waals surface area contributed by atoms with Crippen LogP contribution in [0.3, 0.4) is 0 Å². The lowest BCUT2D eigenvalue weighted by Crippen LogP contribution is -2.53. The summed E-state index contributed by atoms with van der Waals surface area (Å²) < 4.78 is 5.66. The van der Waals surface area contributed by atoms with E-state index in [1.165, 1.54) is 0 Å². The zero-order valence-corrected chi connectivity index (χ0v) is 20.8. The molecule has 0 fully saturated rings. The van der Waals surface area contributed by atoms with Crippen molar-refractivity contribution in [3.05, 3.63) is 95.6 Å². The molecule has 3 aromatic rings. The van der Waals surface area contributed by atoms with Crippen LogP contribution in [0.25, 0.3) is 11.1 Å². The molecule has 0 aromatic heterocycles. The van der Waals surface area contributed by atoms with E-state index in [1.807, 2.05) is 68.4 Å². The van der Waals surface area contributed by atoms with Crippen LogP contribution in [0.1, 0.15) is 42.9 Å². The van der Waals surface area contributed by atoms with Gasteiger partial charge in [0.05, 0.1) is 12.6 Å². The van der Waals surface area contributed by atoms with Crippen molar-refractivity contribution in [3.8, 4) is 11.1 Å². The quantitative estimate of drug-likeness (QED) is 0.389. The van der Waals surface area contributed by atoms with Crippen LogP contribution >= 0.6 is 0 Å². The number of carbonyl (C=O) groups is 2. The van der Waals surface area contributed by atoms with E-state index in [2.05, 4.69) is 34.9 Å². The summed E-state index contributed by atoms with van der Waals surface area (Å²) in [6.45, 7) is 3.87. The Bertz CT molecular complexity index is 1130. The highest BCUT2D eigenvalue weighted by atomic mass is 16.5. The Morgan fingerprint density at radius 1 is 0.889 bits per heavy atom. The van der Waals surface area contributed by atoms with Crippen LogP contribution < -0.4 is 10.6 Å². The Kier molecular flexibility index (Phi) is 8.39. The van der Waals surface area contributed by atoms with Gasteiger partial charge in [-0.15, -0.1) is 0 Å². The summed E-state index contributed by atoms with van der Waals surface area (Å²) in [5.41, 5.74) is 5.60. The highest BCUT2D eigenvalue weighted by Gasteiger charge is 2.31. The number of alkyl carbamates (subject to hydrolysis) is 1. The summed E-state index contributed by atoms with van der Waals surface area (Å²) in [6.07, 6.45) is 0.576. The maximum absolute atomic E-state index is 13.1. The largest absolute Gasteiger partial charge is 0.449 e. The topological polar surface area (TPSA) is 87.7 Å². The minimum Gasteiger partial charge on any atom is -0.449 e. The fourth-order valence-electron chi connectivity index (χ4n) is 4.82. The van der Waals surface area contributed by atoms with Gasteiger partial charge in [-0.1, -0.05) is 99.1 Å². The fourth-order valence-corrected chi connectivity index (χ4v) is 4.82. The van der Waals surface area contributed by atoms with Crippen LogP contribution in [0.2, 0.25) is 0 Å². The predicted octanol–water partition coefficient (Wildman–Crippen LogP) is 4.66. The predicted molar refractivity (Wildman–Crippen MR) is 141 cm³/mol. The number of hydrogen-bond donors (Lipinski definition) is 3. The Labute approximate surface area is 212 Å². The third-order valence-electron chi connectivity index (χ3n) is 7.00. The molecule has 0 unspecified atom stereocenters. The monoisotopic (exact) mass is 486 g/mol. The first-order valence-corrected chi connectivity index (χ1v) is 12.6. The summed E-state index contributed by atoms with van der Waals surface area (Å²) in [5, 5.41) is 15.5. The van der Waals surface area contributed by atoms with Crippen LogP contribution in [-0.4, -0.2) is 42.4 Å². The summed E-state index contributed by atoms with van der Waals surface area (Å²) in [4.78, 5) is 26.0. The summed E-state index contributed by atoms with van der Waals surface area (Å²) >= 11 is 0. The van der Waals surface area contributed by atoms with Gasteiger partial charge in [-0.2, -0.15) is 0 Å². The molecule has 3 aromatic carbocycles. The number of hydrogen-bond acceptors (Lipinski definition) is 4. The number of aliphatic hydroxyl groups excluding tert-OH is 1. The van der Waals surface area contributed by atoms with Gasteiger partial charge in [0.1, 0.15) is 12.6 Å². The number of carbonyl (C=O) groups excluding carboxylic acids is 2. The van der Waals surface area contributed by atoms with Gasteiger partial charge in [0.15, 0.2) is 0 Å². The van der Waals surface area contributed by atoms with Gasteiger partial charge in [0.25, 0.3) is 0 Å². The number of aliphatic hydroxyl groups is 1. The molecule has 1 aliphatic carbocycles. The molecule has 3 N–H and O–H groups in total. The van der Waals surface area contributed by atoms with E-state index in [0.29, 0.717) is 12.8 Å². The lowest BCUT2D eigenvalue weighted by Gasteiger charge is -2.26. The van der Waals surface area contributed by atoms with E-state index >= 15 is 0 Å². The first-order chi connectivity index (χ1) is 17.5. The van der Waals surface area contributed by atoms with Crippen molar-refractivity contribution in [3.63, 3.8) is 0 Å². The van der Waals surface area contributed by atoms with E-state index in [-0.39, 0.29) is 31.0 Å². The highest BCUT2D eigenvalue weighted by Crippen LogP contribution is 2.44. The van der Waals surface area contributed by atoms with Crippen molar-refractivity contribution < 1.29 is 19.4 Å². The molecule has 36 heavy (non-hydrogen) atoms. The van der Waals surface area contributed by atoms with E-state index in [4.69, 9.17) is 4.74 Å². The molecule has 0 heterocycles. The zero-order chi connectivity index (χ0) is 25.5. The average Bonchev–Trinajstić information content (AvgIpc) is 3.23. The molecule has 0 spiro atoms. The summed E-state index contributed by atoms with van der Waals surface area (Å²) in [6, 6.07) is 24.8. The van der Waals surface area contributed by atoms with Crippen molar-refractivity contribution in [2.45, 2.75) is 44.7 Å². The molecule has 1 aliphatic rings. The van der Waals surface area contributed by atoms with E-state index in [0.717, 1.165) is 27.8 Å². The minimum atomic E-state index is -0.768. The van der Waals surface area contributed by atoms with E-state index in [1.54, 1.807) is 0 Å². The Morgan fingerprint density at radius 3 is 2.06 bits per heavy atom. The molecule has 6 heteroatoms. The molecule has 2 amide bonds. The van der Waals surface area contributed by atoms with Crippen LogP contribution in [0.15, 0.2) is 78.9 Å². The summed E-state index contributed by atoms with van der Waals surface area (Å²) in [5.74, 6) is -0.488. The zero-order valence-electron chi connectivity index (χ0n) is 20.8. The van der Waals surface area contributed by atoms with Crippen LogP contribution in [0, 0.1) is 5.92 Å². The molecule has 6 nitrogen and oxygen atoms in total. The fraction of sp³-hybridized carbons (Fsp3) is 0.333. The SMILES string of the molecule is CC[C@H](C)[C@H](NC(=O)OCC1c2ccccc2-c2ccccc21)C(=O)N[C@H](CO)Cc1ccccc1. The Balaban J connectivity index is 1.39. The molecule has 188 valence electrons. The van der Waals surface area contributed by atoms with E-state index < -0.39 is 18.2 Å². The number of nitrogens with one attached hydrogen (secondary N) is 2. The van der Waals surface area contributed by atoms with Crippen molar-refractivity contribution >= 4 is 12.0 Å². The molecule has 0 saturated carbocycles. The second-order valence-corrected chi connectivity index (χ2v) is 9.41. The molecular formula is C30H34N2O4. The van der Waals surface area contributed by atoms with Gasteiger partial charge in [-0.3, -0.25) is 4.79 Å². The number of amides is 2. The van der Waals surface area contributed by atoms with Crippen LogP contribution in [0.4, 0.5) is 4.79 Å². The van der Waals surface area contributed by atoms with Crippen molar-refractivity contribution in [1.82, 2.24) is 10.6 Å². The molecular weight excluding hydrogens is 452 g/mol. The number of rotatable bonds is 10. The number of benzene rings is 3. The second-order valence-electron chi connectivity index (χ2n) is 9.41. The Morgan fingerprint density at radius 2 is 1.47 bits per heavy atom. The molecule has 0 saturated heterocycles. The maximum Gasteiger partial charge on any atom is 0.407 e. The van der Waals surface area contributed by atoms with Gasteiger partial charge in [0, 0.05) is 5.92 Å². The molecule has 3 atom stereocenters. The van der Waals surface area contributed by atoms with Gasteiger partial charge < -0.3 is 20.5 Å². The maximum atomic E-state index is 13.1. The van der Waals surface area contributed by atoms with Crippen LogP contribution in [-0.2, 0) is 16.0 Å². The molecule has 0 aliphatic heterocycles. The van der Waals surface area contributed by atoms with Crippen LogP contribution in [0.5, 0.6) is 0 Å². The first-order valence-electron chi connectivity index (χ1n) is 12.6. The van der Waals surface area contributed by atoms with Gasteiger partial charge in [0.2, 0.25) is 5.91 Å². The first kappa shape index (κ1) is 25.5. The molecule has 4 rings (SSSR count).